The van der Waals surface area contributed by atoms with Crippen LogP contribution in [0.2, 0.25) is 0 Å². The molecule has 1 heterocycles. The molecule has 8 heteroatoms. The Bertz CT molecular complexity index is 1020. The van der Waals surface area contributed by atoms with Gasteiger partial charge < -0.3 is 18.8 Å². The molecular weight excluding hydrogens is 414 g/mol. The van der Waals surface area contributed by atoms with Gasteiger partial charge in [0.05, 0.1) is 19.5 Å². The molecule has 0 saturated heterocycles. The monoisotopic (exact) mass is 441 g/mol. The normalized spacial score (nSPS) is 10.7. The Morgan fingerprint density at radius 2 is 1.81 bits per heavy atom. The summed E-state index contributed by atoms with van der Waals surface area (Å²) in [6, 6.07) is 12.9. The molecule has 164 valence electrons. The molecule has 0 unspecified atom stereocenters. The highest BCUT2D eigenvalue weighted by atomic mass is 32.2. The summed E-state index contributed by atoms with van der Waals surface area (Å²) in [5.74, 6) is 3.10. The van der Waals surface area contributed by atoms with Crippen LogP contribution in [0.25, 0.3) is 0 Å². The Morgan fingerprint density at radius 3 is 2.48 bits per heavy atom. The number of ketones is 1. The molecule has 0 saturated carbocycles. The van der Waals surface area contributed by atoms with Crippen molar-refractivity contribution in [3.63, 3.8) is 0 Å². The Morgan fingerprint density at radius 1 is 1.03 bits per heavy atom. The van der Waals surface area contributed by atoms with E-state index in [4.69, 9.17) is 14.2 Å². The van der Waals surface area contributed by atoms with Crippen molar-refractivity contribution in [2.24, 2.45) is 0 Å². The number of carbonyl (C=O) groups excluding carboxylic acids is 1. The molecule has 1 aromatic heterocycles. The molecule has 0 aliphatic heterocycles. The van der Waals surface area contributed by atoms with E-state index in [1.807, 2.05) is 43.5 Å². The van der Waals surface area contributed by atoms with E-state index in [-0.39, 0.29) is 18.1 Å². The quantitative estimate of drug-likeness (QED) is 0.319. The van der Waals surface area contributed by atoms with Gasteiger partial charge in [0.15, 0.2) is 28.3 Å². The molecule has 0 amide bonds. The summed E-state index contributed by atoms with van der Waals surface area (Å²) in [4.78, 5) is 12.5. The van der Waals surface area contributed by atoms with E-state index in [2.05, 4.69) is 10.2 Å². The number of hydrogen-bond donors (Lipinski definition) is 0. The topological polar surface area (TPSA) is 75.5 Å². The summed E-state index contributed by atoms with van der Waals surface area (Å²) in [6.07, 6.45) is 0. The van der Waals surface area contributed by atoms with Crippen molar-refractivity contribution in [1.82, 2.24) is 14.8 Å². The van der Waals surface area contributed by atoms with Crippen LogP contribution in [-0.4, -0.2) is 40.0 Å². The van der Waals surface area contributed by atoms with Gasteiger partial charge in [0, 0.05) is 12.1 Å². The molecule has 0 atom stereocenters. The lowest BCUT2D eigenvalue weighted by molar-refractivity contribution is 0.102. The van der Waals surface area contributed by atoms with Gasteiger partial charge in [-0.3, -0.25) is 4.79 Å². The number of carbonyl (C=O) groups is 1. The highest BCUT2D eigenvalue weighted by molar-refractivity contribution is 7.99. The van der Waals surface area contributed by atoms with E-state index in [9.17, 15) is 4.79 Å². The molecule has 0 radical (unpaired) electrons. The molecular formula is C23H27N3O4S. The maximum atomic E-state index is 12.5. The number of thioether (sulfide) groups is 1. The third kappa shape index (κ3) is 5.79. The Labute approximate surface area is 186 Å². The van der Waals surface area contributed by atoms with Crippen LogP contribution in [0.15, 0.2) is 47.6 Å². The third-order valence-electron chi connectivity index (χ3n) is 4.61. The van der Waals surface area contributed by atoms with Crippen LogP contribution in [0, 0.1) is 6.92 Å². The van der Waals surface area contributed by atoms with Gasteiger partial charge in [-0.25, -0.2) is 0 Å². The van der Waals surface area contributed by atoms with Gasteiger partial charge >= 0.3 is 0 Å². The second-order valence-corrected chi connectivity index (χ2v) is 7.70. The van der Waals surface area contributed by atoms with Gasteiger partial charge in [-0.05, 0) is 62.7 Å². The first kappa shape index (κ1) is 22.7. The minimum absolute atomic E-state index is 0.0251. The lowest BCUT2D eigenvalue weighted by Crippen LogP contribution is -2.09. The van der Waals surface area contributed by atoms with E-state index in [1.54, 1.807) is 31.4 Å². The number of rotatable bonds is 11. The van der Waals surface area contributed by atoms with Crippen molar-refractivity contribution < 1.29 is 19.0 Å². The second-order valence-electron chi connectivity index (χ2n) is 6.76. The smallest absolute Gasteiger partial charge is 0.191 e. The average molecular weight is 442 g/mol. The number of Topliss-reactive ketones (excluding diaryl/α,β-unsaturated/α-hetero) is 1. The fourth-order valence-electron chi connectivity index (χ4n) is 2.99. The van der Waals surface area contributed by atoms with Crippen LogP contribution in [0.5, 0.6) is 17.2 Å². The van der Waals surface area contributed by atoms with Crippen LogP contribution in [0.1, 0.15) is 35.6 Å². The van der Waals surface area contributed by atoms with Gasteiger partial charge in [-0.15, -0.1) is 10.2 Å². The molecule has 3 rings (SSSR count). The van der Waals surface area contributed by atoms with Gasteiger partial charge in [0.1, 0.15) is 12.4 Å². The van der Waals surface area contributed by atoms with Gasteiger partial charge in [0.2, 0.25) is 0 Å². The predicted molar refractivity (Wildman–Crippen MR) is 120 cm³/mol. The molecule has 0 fully saturated rings. The fraction of sp³-hybridized carbons (Fsp3) is 0.348. The molecule has 0 aliphatic carbocycles. The Hall–Kier alpha value is -3.00. The predicted octanol–water partition coefficient (Wildman–Crippen LogP) is 4.57. The maximum Gasteiger partial charge on any atom is 0.191 e. The van der Waals surface area contributed by atoms with E-state index in [1.165, 1.54) is 11.8 Å². The maximum absolute atomic E-state index is 12.5. The zero-order valence-electron chi connectivity index (χ0n) is 18.3. The minimum atomic E-state index is 0.0251. The zero-order valence-corrected chi connectivity index (χ0v) is 19.1. The largest absolute Gasteiger partial charge is 0.497 e. The van der Waals surface area contributed by atoms with Crippen molar-refractivity contribution in [3.8, 4) is 17.2 Å². The van der Waals surface area contributed by atoms with E-state index < -0.39 is 0 Å². The number of methoxy groups -OCH3 is 1. The number of hydrogen-bond acceptors (Lipinski definition) is 7. The van der Waals surface area contributed by atoms with Crippen molar-refractivity contribution >= 4 is 17.5 Å². The van der Waals surface area contributed by atoms with Crippen molar-refractivity contribution in [2.75, 3.05) is 19.5 Å². The van der Waals surface area contributed by atoms with E-state index >= 15 is 0 Å². The van der Waals surface area contributed by atoms with Crippen LogP contribution in [0.3, 0.4) is 0 Å². The van der Waals surface area contributed by atoms with Gasteiger partial charge in [0.25, 0.3) is 0 Å². The number of aryl methyl sites for hydroxylation is 1. The summed E-state index contributed by atoms with van der Waals surface area (Å²) in [5, 5.41) is 9.22. The number of benzene rings is 2. The van der Waals surface area contributed by atoms with E-state index in [0.717, 1.165) is 11.3 Å². The fourth-order valence-corrected chi connectivity index (χ4v) is 3.90. The van der Waals surface area contributed by atoms with E-state index in [0.29, 0.717) is 41.2 Å². The molecule has 0 aliphatic rings. The first-order valence-corrected chi connectivity index (χ1v) is 11.1. The highest BCUT2D eigenvalue weighted by Gasteiger charge is 2.15. The van der Waals surface area contributed by atoms with Crippen molar-refractivity contribution in [3.05, 3.63) is 59.4 Å². The second kappa shape index (κ2) is 10.9. The lowest BCUT2D eigenvalue weighted by atomic mass is 10.1. The van der Waals surface area contributed by atoms with Crippen LogP contribution in [0.4, 0.5) is 0 Å². The molecule has 2 aromatic carbocycles. The third-order valence-corrected chi connectivity index (χ3v) is 5.58. The summed E-state index contributed by atoms with van der Waals surface area (Å²) in [7, 11) is 1.60. The van der Waals surface area contributed by atoms with Gasteiger partial charge in [-0.1, -0.05) is 17.8 Å². The number of nitrogens with zero attached hydrogens (tertiary/aromatic N) is 3. The number of aromatic nitrogens is 3. The Balaban J connectivity index is 1.64. The van der Waals surface area contributed by atoms with Crippen molar-refractivity contribution in [1.29, 1.82) is 0 Å². The molecule has 7 nitrogen and oxygen atoms in total. The zero-order chi connectivity index (χ0) is 22.2. The molecule has 0 bridgehead atoms. The molecule has 0 spiro atoms. The summed E-state index contributed by atoms with van der Waals surface area (Å²) >= 11 is 1.37. The first-order chi connectivity index (χ1) is 15.0. The average Bonchev–Trinajstić information content (AvgIpc) is 3.19. The molecule has 31 heavy (non-hydrogen) atoms. The summed E-state index contributed by atoms with van der Waals surface area (Å²) in [5.41, 5.74) is 1.75. The van der Waals surface area contributed by atoms with Crippen LogP contribution in [-0.2, 0) is 13.2 Å². The lowest BCUT2D eigenvalue weighted by Gasteiger charge is -2.13. The van der Waals surface area contributed by atoms with Crippen molar-refractivity contribution in [2.45, 2.75) is 39.1 Å². The SMILES string of the molecule is CCOc1cc(C)ccc1OCc1nnc(SCC(=O)c2ccc(OC)cc2)n1CC. The Kier molecular flexibility index (Phi) is 7.94. The standard InChI is InChI=1S/C23H27N3O4S/c1-5-26-22(14-30-20-12-7-16(3)13-21(20)29-6-2)24-25-23(26)31-15-19(27)17-8-10-18(28-4)11-9-17/h7-13H,5-6,14-15H2,1-4H3. The molecule has 0 N–H and O–H groups in total. The first-order valence-electron chi connectivity index (χ1n) is 10.1. The minimum Gasteiger partial charge on any atom is -0.497 e. The summed E-state index contributed by atoms with van der Waals surface area (Å²) in [6.45, 7) is 7.47. The van der Waals surface area contributed by atoms with Crippen LogP contribution < -0.4 is 14.2 Å². The van der Waals surface area contributed by atoms with Gasteiger partial charge in [-0.2, -0.15) is 0 Å². The highest BCUT2D eigenvalue weighted by Crippen LogP contribution is 2.29. The molecule has 3 aromatic rings. The summed E-state index contributed by atoms with van der Waals surface area (Å²) < 4.78 is 18.7. The number of ether oxygens (including phenoxy) is 3. The van der Waals surface area contributed by atoms with Crippen LogP contribution >= 0.6 is 11.8 Å².